The first kappa shape index (κ1) is 38.3. The van der Waals surface area contributed by atoms with Gasteiger partial charge in [0.15, 0.2) is 11.2 Å². The molecule has 1 atom stereocenters. The number of rotatable bonds is 10. The van der Waals surface area contributed by atoms with E-state index in [9.17, 15) is 33.9 Å². The molecule has 0 rings (SSSR count). The van der Waals surface area contributed by atoms with Crippen molar-refractivity contribution in [2.24, 2.45) is 0 Å². The number of carbonyl (C=O) groups excluding carboxylic acids is 1. The Kier molecular flexibility index (Phi) is 21.8. The maximum Gasteiger partial charge on any atom is 1.00 e. The fourth-order valence-corrected chi connectivity index (χ4v) is 1.42. The molecular formula is C12H16Na2O15. The zero-order chi connectivity index (χ0) is 21.3. The standard InChI is InChI=1S/2C6H8O7.2Na.H2O/c2*7-3(8)1-6(13,5(11)12)2-4(9)10;;;/h2*13H,1-2H2,(H,7,8)(H,9,10)(H,11,12);;;1H2/q;;2*+1;/p-2. The zero-order valence-corrected chi connectivity index (χ0v) is 19.3. The smallest absolute Gasteiger partial charge is 0.870 e. The van der Waals surface area contributed by atoms with E-state index in [1.165, 1.54) is 0 Å². The van der Waals surface area contributed by atoms with Gasteiger partial charge in [-0.25, -0.2) is 9.59 Å². The van der Waals surface area contributed by atoms with Crippen LogP contribution in [0.4, 0.5) is 0 Å². The second kappa shape index (κ2) is 16.5. The number of carboxylic acid groups (broad SMARTS) is 6. The van der Waals surface area contributed by atoms with Crippen LogP contribution in [-0.2, 0) is 28.8 Å². The van der Waals surface area contributed by atoms with Crippen LogP contribution in [0.25, 0.3) is 0 Å². The average Bonchev–Trinajstić information content (AvgIpc) is 2.34. The molecule has 0 fully saturated rings. The molecule has 0 saturated heterocycles. The maximum absolute atomic E-state index is 10.3. The van der Waals surface area contributed by atoms with Gasteiger partial charge in [0, 0.05) is 12.4 Å². The molecule has 0 bridgehead atoms. The van der Waals surface area contributed by atoms with Gasteiger partial charge in [0.25, 0.3) is 0 Å². The molecule has 8 N–H and O–H groups in total. The average molecular weight is 446 g/mol. The Morgan fingerprint density at radius 3 is 0.931 bits per heavy atom. The van der Waals surface area contributed by atoms with E-state index in [1.54, 1.807) is 0 Å². The van der Waals surface area contributed by atoms with Gasteiger partial charge in [-0.3, -0.25) is 14.4 Å². The molecule has 17 heteroatoms. The van der Waals surface area contributed by atoms with Crippen LogP contribution in [0.15, 0.2) is 0 Å². The van der Waals surface area contributed by atoms with E-state index in [0.29, 0.717) is 0 Å². The number of hydrogen-bond donors (Lipinski definition) is 7. The second-order valence-corrected chi connectivity index (χ2v) is 4.93. The quantitative estimate of drug-likeness (QED) is 0.153. The van der Waals surface area contributed by atoms with E-state index < -0.39 is 72.7 Å². The topological polar surface area (TPSA) is 297 Å². The summed E-state index contributed by atoms with van der Waals surface area (Å²) < 4.78 is 0. The molecule has 1 unspecified atom stereocenters. The predicted octanol–water partition coefficient (Wildman–Crippen LogP) is -10.0. The summed E-state index contributed by atoms with van der Waals surface area (Å²) in [5.41, 5.74) is -5.54. The molecule has 0 aliphatic rings. The summed E-state index contributed by atoms with van der Waals surface area (Å²) in [6.45, 7) is 0. The van der Waals surface area contributed by atoms with Crippen LogP contribution in [0, 0.1) is 0 Å². The Labute approximate surface area is 205 Å². The molecule has 0 saturated carbocycles. The minimum absolute atomic E-state index is 0. The normalized spacial score (nSPS) is 11.4. The van der Waals surface area contributed by atoms with Gasteiger partial charge in [-0.2, -0.15) is 0 Å². The van der Waals surface area contributed by atoms with Crippen molar-refractivity contribution in [3.8, 4) is 0 Å². The van der Waals surface area contributed by atoms with Gasteiger partial charge in [0.05, 0.1) is 19.3 Å². The Morgan fingerprint density at radius 2 is 0.793 bits per heavy atom. The van der Waals surface area contributed by atoms with E-state index in [-0.39, 0.29) is 64.6 Å². The third kappa shape index (κ3) is 17.3. The van der Waals surface area contributed by atoms with Gasteiger partial charge >= 0.3 is 89.0 Å². The van der Waals surface area contributed by atoms with Crippen molar-refractivity contribution < 1.29 is 134 Å². The first-order chi connectivity index (χ1) is 11.6. The summed E-state index contributed by atoms with van der Waals surface area (Å²) in [6, 6.07) is 0. The van der Waals surface area contributed by atoms with Crippen LogP contribution in [0.3, 0.4) is 0 Å². The Hall–Kier alpha value is -1.30. The van der Waals surface area contributed by atoms with Gasteiger partial charge < -0.3 is 51.1 Å². The molecular weight excluding hydrogens is 430 g/mol. The minimum Gasteiger partial charge on any atom is -0.870 e. The molecule has 29 heavy (non-hydrogen) atoms. The number of hydrogen-bond acceptors (Lipinski definition) is 10. The fraction of sp³-hybridized carbons (Fsp3) is 0.500. The zero-order valence-electron chi connectivity index (χ0n) is 15.3. The largest absolute Gasteiger partial charge is 1.00 e. The van der Waals surface area contributed by atoms with Crippen molar-refractivity contribution in [1.29, 1.82) is 0 Å². The van der Waals surface area contributed by atoms with Crippen molar-refractivity contribution in [2.45, 2.75) is 36.9 Å². The third-order valence-corrected chi connectivity index (χ3v) is 2.56. The summed E-state index contributed by atoms with van der Waals surface area (Å²) in [5.74, 6) is -10.4. The van der Waals surface area contributed by atoms with Crippen LogP contribution in [0.5, 0.6) is 0 Å². The molecule has 0 radical (unpaired) electrons. The molecule has 0 spiro atoms. The van der Waals surface area contributed by atoms with Crippen molar-refractivity contribution in [3.05, 3.63) is 0 Å². The number of aliphatic carboxylic acids is 6. The van der Waals surface area contributed by atoms with Crippen LogP contribution in [0.2, 0.25) is 0 Å². The van der Waals surface area contributed by atoms with Gasteiger partial charge in [0.2, 0.25) is 0 Å². The Morgan fingerprint density at radius 1 is 0.586 bits per heavy atom. The molecule has 156 valence electrons. The molecule has 0 aliphatic heterocycles. The van der Waals surface area contributed by atoms with Crippen molar-refractivity contribution in [3.63, 3.8) is 0 Å². The summed E-state index contributed by atoms with van der Waals surface area (Å²) in [6.07, 6.45) is -4.73. The fourth-order valence-electron chi connectivity index (χ4n) is 1.42. The van der Waals surface area contributed by atoms with E-state index in [4.69, 9.17) is 35.7 Å². The summed E-state index contributed by atoms with van der Waals surface area (Å²) >= 11 is 0. The van der Waals surface area contributed by atoms with Crippen molar-refractivity contribution in [2.75, 3.05) is 0 Å². The van der Waals surface area contributed by atoms with E-state index >= 15 is 0 Å². The Bertz CT molecular complexity index is 518. The first-order valence-electron chi connectivity index (χ1n) is 6.32. The number of carbonyl (C=O) groups is 6. The van der Waals surface area contributed by atoms with Gasteiger partial charge in [0.1, 0.15) is 0 Å². The van der Waals surface area contributed by atoms with Gasteiger partial charge in [-0.15, -0.1) is 0 Å². The van der Waals surface area contributed by atoms with E-state index in [2.05, 4.69) is 0 Å². The van der Waals surface area contributed by atoms with Crippen LogP contribution >= 0.6 is 0 Å². The first-order valence-corrected chi connectivity index (χ1v) is 6.32. The van der Waals surface area contributed by atoms with Crippen LogP contribution in [-0.4, -0.2) is 88.2 Å². The molecule has 0 aromatic rings. The number of aliphatic hydroxyl groups is 2. The van der Waals surface area contributed by atoms with Crippen LogP contribution in [0.1, 0.15) is 25.7 Å². The molecule has 0 aromatic carbocycles. The third-order valence-electron chi connectivity index (χ3n) is 2.56. The summed E-state index contributed by atoms with van der Waals surface area (Å²) in [5, 5.41) is 69.3. The summed E-state index contributed by atoms with van der Waals surface area (Å²) in [7, 11) is 0. The van der Waals surface area contributed by atoms with Crippen LogP contribution < -0.4 is 64.2 Å². The van der Waals surface area contributed by atoms with Gasteiger partial charge in [-0.1, -0.05) is 0 Å². The monoisotopic (exact) mass is 446 g/mol. The molecule has 0 amide bonds. The predicted molar refractivity (Wildman–Crippen MR) is 73.5 cm³/mol. The van der Waals surface area contributed by atoms with Crippen molar-refractivity contribution >= 4 is 35.8 Å². The van der Waals surface area contributed by atoms with Gasteiger partial charge in [-0.05, 0) is 0 Å². The molecule has 0 aliphatic carbocycles. The summed E-state index contributed by atoms with van der Waals surface area (Å²) in [4.78, 5) is 60.8. The van der Waals surface area contributed by atoms with E-state index in [0.717, 1.165) is 0 Å². The molecule has 15 nitrogen and oxygen atoms in total. The molecule has 0 heterocycles. The van der Waals surface area contributed by atoms with E-state index in [1.807, 2.05) is 0 Å². The maximum atomic E-state index is 10.3. The number of carboxylic acids is 6. The SMILES string of the molecule is O=C(O)CC(O)(CC(=O)O)C(=O)O.O=C([O-])CC(O)(CC(=O)O)C(=O)O.[Na+].[Na+].[OH-]. The Balaban J connectivity index is -0.000000120. The molecule has 0 aromatic heterocycles. The minimum atomic E-state index is -2.80. The van der Waals surface area contributed by atoms with Crippen molar-refractivity contribution in [1.82, 2.24) is 0 Å². The second-order valence-electron chi connectivity index (χ2n) is 4.93.